The summed E-state index contributed by atoms with van der Waals surface area (Å²) in [4.78, 5) is 12.1. The van der Waals surface area contributed by atoms with E-state index in [1.54, 1.807) is 19.1 Å². The average Bonchev–Trinajstić information content (AvgIpc) is 2.59. The van der Waals surface area contributed by atoms with Crippen molar-refractivity contribution in [3.63, 3.8) is 0 Å². The molecular formula is C19H22ClF3N2O2. The van der Waals surface area contributed by atoms with E-state index in [2.05, 4.69) is 5.32 Å². The number of alkyl halides is 3. The predicted molar refractivity (Wildman–Crippen MR) is 99.8 cm³/mol. The molecule has 0 radical (unpaired) electrons. The number of halogens is 4. The molecule has 0 saturated carbocycles. The Labute approximate surface area is 162 Å². The van der Waals surface area contributed by atoms with Gasteiger partial charge in [0.15, 0.2) is 6.61 Å². The normalized spacial score (nSPS) is 12.0. The van der Waals surface area contributed by atoms with Gasteiger partial charge in [-0.1, -0.05) is 42.5 Å². The van der Waals surface area contributed by atoms with Gasteiger partial charge >= 0.3 is 6.18 Å². The number of carbonyl (C=O) groups is 1. The Hall–Kier alpha value is -2.25. The number of hydrogen-bond donors (Lipinski definition) is 2. The zero-order valence-electron chi connectivity index (χ0n) is 14.8. The van der Waals surface area contributed by atoms with E-state index in [4.69, 9.17) is 10.5 Å². The topological polar surface area (TPSA) is 64.4 Å². The summed E-state index contributed by atoms with van der Waals surface area (Å²) >= 11 is 0. The monoisotopic (exact) mass is 402 g/mol. The van der Waals surface area contributed by atoms with E-state index in [1.165, 1.54) is 6.07 Å². The first-order valence-corrected chi connectivity index (χ1v) is 8.11. The molecule has 0 saturated heterocycles. The average molecular weight is 403 g/mol. The minimum atomic E-state index is -4.42. The molecule has 1 unspecified atom stereocenters. The largest absolute Gasteiger partial charge is 0.484 e. The third-order valence-corrected chi connectivity index (χ3v) is 3.72. The Morgan fingerprint density at radius 2 is 1.85 bits per heavy atom. The number of amides is 1. The molecule has 27 heavy (non-hydrogen) atoms. The molecule has 0 aliphatic heterocycles. The van der Waals surface area contributed by atoms with Crippen molar-refractivity contribution in [2.75, 3.05) is 6.61 Å². The van der Waals surface area contributed by atoms with Crippen LogP contribution >= 0.6 is 12.4 Å². The van der Waals surface area contributed by atoms with Crippen LogP contribution in [0.25, 0.3) is 0 Å². The van der Waals surface area contributed by atoms with Crippen LogP contribution in [0.2, 0.25) is 0 Å². The van der Waals surface area contributed by atoms with Crippen molar-refractivity contribution in [1.82, 2.24) is 5.32 Å². The van der Waals surface area contributed by atoms with Crippen LogP contribution in [0.4, 0.5) is 13.2 Å². The number of nitrogens with one attached hydrogen (secondary N) is 1. The van der Waals surface area contributed by atoms with Gasteiger partial charge in [0.1, 0.15) is 5.75 Å². The third kappa shape index (κ3) is 7.88. The molecule has 1 atom stereocenters. The number of aryl methyl sites for hydroxylation is 1. The molecule has 3 N–H and O–H groups in total. The van der Waals surface area contributed by atoms with Gasteiger partial charge in [-0.05, 0) is 24.1 Å². The highest BCUT2D eigenvalue weighted by Gasteiger charge is 2.28. The molecule has 0 spiro atoms. The van der Waals surface area contributed by atoms with Gasteiger partial charge < -0.3 is 15.8 Å². The van der Waals surface area contributed by atoms with Crippen LogP contribution in [0.15, 0.2) is 48.5 Å². The number of nitrogens with two attached hydrogens (primary N) is 1. The summed E-state index contributed by atoms with van der Waals surface area (Å²) in [5, 5.41) is 2.68. The Balaban J connectivity index is 0.00000364. The second-order valence-electron chi connectivity index (χ2n) is 6.01. The molecule has 0 bridgehead atoms. The molecule has 0 fully saturated rings. The lowest BCUT2D eigenvalue weighted by Crippen LogP contribution is -2.27. The van der Waals surface area contributed by atoms with E-state index < -0.39 is 18.8 Å². The van der Waals surface area contributed by atoms with Gasteiger partial charge in [-0.2, -0.15) is 13.2 Å². The van der Waals surface area contributed by atoms with E-state index in [0.717, 1.165) is 11.1 Å². The first kappa shape index (κ1) is 22.8. The summed E-state index contributed by atoms with van der Waals surface area (Å²) in [7, 11) is 0. The minimum Gasteiger partial charge on any atom is -0.484 e. The maximum absolute atomic E-state index is 12.4. The highest BCUT2D eigenvalue weighted by Crippen LogP contribution is 2.24. The Morgan fingerprint density at radius 3 is 2.48 bits per heavy atom. The molecular weight excluding hydrogens is 381 g/mol. The van der Waals surface area contributed by atoms with Crippen LogP contribution in [-0.4, -0.2) is 18.7 Å². The molecule has 0 aromatic heterocycles. The molecule has 1 amide bonds. The van der Waals surface area contributed by atoms with Crippen molar-refractivity contribution < 1.29 is 22.7 Å². The molecule has 0 aliphatic rings. The second-order valence-corrected chi connectivity index (χ2v) is 6.01. The van der Waals surface area contributed by atoms with Crippen LogP contribution < -0.4 is 15.8 Å². The zero-order chi connectivity index (χ0) is 19.2. The van der Waals surface area contributed by atoms with Gasteiger partial charge in [-0.25, -0.2) is 0 Å². The van der Waals surface area contributed by atoms with E-state index in [1.807, 2.05) is 30.3 Å². The molecule has 2 aromatic carbocycles. The van der Waals surface area contributed by atoms with Crippen LogP contribution in [0.3, 0.4) is 0 Å². The molecule has 4 nitrogen and oxygen atoms in total. The summed E-state index contributed by atoms with van der Waals surface area (Å²) in [5.74, 6) is -0.182. The summed E-state index contributed by atoms with van der Waals surface area (Å²) in [6, 6.07) is 13.7. The number of hydrogen-bond acceptors (Lipinski definition) is 3. The van der Waals surface area contributed by atoms with Crippen molar-refractivity contribution in [1.29, 1.82) is 0 Å². The van der Waals surface area contributed by atoms with Crippen molar-refractivity contribution in [2.45, 2.75) is 32.1 Å². The fraction of sp³-hybridized carbons (Fsp3) is 0.316. The lowest BCUT2D eigenvalue weighted by atomic mass is 10.0. The first-order chi connectivity index (χ1) is 12.2. The molecule has 0 aliphatic carbocycles. The van der Waals surface area contributed by atoms with Gasteiger partial charge in [0.05, 0.1) is 0 Å². The van der Waals surface area contributed by atoms with E-state index in [0.29, 0.717) is 5.56 Å². The van der Waals surface area contributed by atoms with E-state index in [9.17, 15) is 18.0 Å². The second kappa shape index (κ2) is 10.2. The predicted octanol–water partition coefficient (Wildman–Crippen LogP) is 4.06. The SMILES string of the molecule is Cc1ccc(CNC(=O)CC(N)c2ccccc2)c(OCC(F)(F)F)c1.Cl. The summed E-state index contributed by atoms with van der Waals surface area (Å²) in [5.41, 5.74) is 8.08. The molecule has 2 aromatic rings. The molecule has 8 heteroatoms. The van der Waals surface area contributed by atoms with Crippen molar-refractivity contribution in [3.8, 4) is 5.75 Å². The maximum atomic E-state index is 12.4. The number of carbonyl (C=O) groups excluding carboxylic acids is 1. The van der Waals surface area contributed by atoms with Crippen LogP contribution in [0, 0.1) is 6.92 Å². The van der Waals surface area contributed by atoms with Crippen LogP contribution in [-0.2, 0) is 11.3 Å². The smallest absolute Gasteiger partial charge is 0.422 e. The summed E-state index contributed by atoms with van der Waals surface area (Å²) in [6.07, 6.45) is -4.35. The number of benzene rings is 2. The fourth-order valence-electron chi connectivity index (χ4n) is 2.39. The molecule has 0 heterocycles. The van der Waals surface area contributed by atoms with Crippen molar-refractivity contribution in [2.24, 2.45) is 5.73 Å². The fourth-order valence-corrected chi connectivity index (χ4v) is 2.39. The molecule has 2 rings (SSSR count). The Bertz CT molecular complexity index is 739. The van der Waals surface area contributed by atoms with Gasteiger partial charge in [-0.3, -0.25) is 4.79 Å². The van der Waals surface area contributed by atoms with Gasteiger partial charge in [-0.15, -0.1) is 12.4 Å². The highest BCUT2D eigenvalue weighted by molar-refractivity contribution is 5.85. The van der Waals surface area contributed by atoms with Gasteiger partial charge in [0, 0.05) is 24.6 Å². The van der Waals surface area contributed by atoms with Crippen LogP contribution in [0.1, 0.15) is 29.2 Å². The first-order valence-electron chi connectivity index (χ1n) is 8.11. The summed E-state index contributed by atoms with van der Waals surface area (Å²) < 4.78 is 42.0. The van der Waals surface area contributed by atoms with E-state index in [-0.39, 0.29) is 37.0 Å². The minimum absolute atomic E-state index is 0. The van der Waals surface area contributed by atoms with Crippen LogP contribution in [0.5, 0.6) is 5.75 Å². The third-order valence-electron chi connectivity index (χ3n) is 3.72. The van der Waals surface area contributed by atoms with Crippen molar-refractivity contribution in [3.05, 3.63) is 65.2 Å². The zero-order valence-corrected chi connectivity index (χ0v) is 15.6. The molecule has 148 valence electrons. The highest BCUT2D eigenvalue weighted by atomic mass is 35.5. The standard InChI is InChI=1S/C19H21F3N2O2.ClH/c1-13-7-8-15(17(9-13)26-12-19(20,21)22)11-24-18(25)10-16(23)14-5-3-2-4-6-14;/h2-9,16H,10-12,23H2,1H3,(H,24,25);1H. The summed E-state index contributed by atoms with van der Waals surface area (Å²) in [6.45, 7) is 0.436. The maximum Gasteiger partial charge on any atom is 0.422 e. The lowest BCUT2D eigenvalue weighted by Gasteiger charge is -2.15. The Kier molecular flexibility index (Phi) is 8.59. The Morgan fingerprint density at radius 1 is 1.19 bits per heavy atom. The van der Waals surface area contributed by atoms with E-state index >= 15 is 0 Å². The van der Waals surface area contributed by atoms with Crippen molar-refractivity contribution >= 4 is 18.3 Å². The number of rotatable bonds is 7. The van der Waals surface area contributed by atoms with Gasteiger partial charge in [0.25, 0.3) is 0 Å². The quantitative estimate of drug-likeness (QED) is 0.734. The number of ether oxygens (including phenoxy) is 1. The van der Waals surface area contributed by atoms with Gasteiger partial charge in [0.2, 0.25) is 5.91 Å². The lowest BCUT2D eigenvalue weighted by molar-refractivity contribution is -0.153.